The number of hydrogen-bond acceptors (Lipinski definition) is 5. The lowest BCUT2D eigenvalue weighted by Crippen LogP contribution is -2.48. The van der Waals surface area contributed by atoms with Crippen LogP contribution in [-0.2, 0) is 22.2 Å². The molecule has 1 fully saturated rings. The van der Waals surface area contributed by atoms with E-state index in [1.54, 1.807) is 0 Å². The molecule has 2 aromatic rings. The number of aryl methyl sites for hydroxylation is 1. The van der Waals surface area contributed by atoms with Crippen LogP contribution in [0.3, 0.4) is 0 Å². The average Bonchev–Trinajstić information content (AvgIpc) is 3.11. The van der Waals surface area contributed by atoms with Crippen molar-refractivity contribution in [1.82, 2.24) is 20.7 Å². The molecular weight excluding hydrogens is 417 g/mol. The minimum atomic E-state index is -4.37. The smallest absolute Gasteiger partial charge is 0.287 e. The van der Waals surface area contributed by atoms with Crippen LogP contribution < -0.4 is 10.9 Å². The number of hydrogen-bond donors (Lipinski definition) is 2. The van der Waals surface area contributed by atoms with Gasteiger partial charge in [0.2, 0.25) is 5.91 Å². The Labute approximate surface area is 176 Å². The minimum absolute atomic E-state index is 0.0440. The highest BCUT2D eigenvalue weighted by Gasteiger charge is 2.31. The summed E-state index contributed by atoms with van der Waals surface area (Å²) in [6.45, 7) is 2.54. The Morgan fingerprint density at radius 2 is 1.87 bits per heavy atom. The Morgan fingerprint density at radius 1 is 1.17 bits per heavy atom. The standard InChI is InChI=1S/C20H23F3N4O2S/c1-13-12-30-19(24-13)10-17(28)25-26-18(29)11-27-9-3-2-4-16(27)14-5-7-15(8-6-14)20(21,22)23/h5-8,12,16H,2-4,9-11H2,1H3,(H,25,28)(H,26,29). The number of likely N-dealkylation sites (tertiary alicyclic amines) is 1. The number of halogens is 3. The number of carbonyl (C=O) groups excluding carboxylic acids is 2. The van der Waals surface area contributed by atoms with Crippen LogP contribution in [0.25, 0.3) is 0 Å². The van der Waals surface area contributed by atoms with Gasteiger partial charge in [-0.2, -0.15) is 13.2 Å². The molecule has 1 atom stereocenters. The van der Waals surface area contributed by atoms with Crippen molar-refractivity contribution in [2.24, 2.45) is 0 Å². The van der Waals surface area contributed by atoms with Crippen molar-refractivity contribution in [3.8, 4) is 0 Å². The van der Waals surface area contributed by atoms with Crippen molar-refractivity contribution in [3.05, 3.63) is 51.5 Å². The van der Waals surface area contributed by atoms with Gasteiger partial charge < -0.3 is 0 Å². The summed E-state index contributed by atoms with van der Waals surface area (Å²) < 4.78 is 38.4. The molecule has 1 aliphatic rings. The fourth-order valence-corrected chi connectivity index (χ4v) is 4.25. The SMILES string of the molecule is Cc1csc(CC(=O)NNC(=O)CN2CCCCC2c2ccc(C(F)(F)F)cc2)n1. The summed E-state index contributed by atoms with van der Waals surface area (Å²) in [5, 5.41) is 2.51. The zero-order valence-electron chi connectivity index (χ0n) is 16.5. The largest absolute Gasteiger partial charge is 0.416 e. The van der Waals surface area contributed by atoms with Crippen LogP contribution in [0.2, 0.25) is 0 Å². The predicted octanol–water partition coefficient (Wildman–Crippen LogP) is 3.39. The van der Waals surface area contributed by atoms with E-state index in [2.05, 4.69) is 15.8 Å². The molecule has 162 valence electrons. The number of piperidine rings is 1. The van der Waals surface area contributed by atoms with E-state index in [0.717, 1.165) is 42.7 Å². The maximum absolute atomic E-state index is 12.8. The third kappa shape index (κ3) is 6.02. The quantitative estimate of drug-likeness (QED) is 0.699. The van der Waals surface area contributed by atoms with Gasteiger partial charge in [0, 0.05) is 17.1 Å². The summed E-state index contributed by atoms with van der Waals surface area (Å²) in [7, 11) is 0. The third-order valence-electron chi connectivity index (χ3n) is 4.90. The molecule has 10 heteroatoms. The molecule has 0 aliphatic carbocycles. The molecule has 2 N–H and O–H groups in total. The van der Waals surface area contributed by atoms with E-state index in [1.165, 1.54) is 23.5 Å². The van der Waals surface area contributed by atoms with E-state index in [4.69, 9.17) is 0 Å². The number of nitrogens with one attached hydrogen (secondary N) is 2. The number of carbonyl (C=O) groups is 2. The van der Waals surface area contributed by atoms with E-state index in [9.17, 15) is 22.8 Å². The second-order valence-corrected chi connectivity index (χ2v) is 8.20. The first-order valence-corrected chi connectivity index (χ1v) is 10.5. The number of nitrogens with zero attached hydrogens (tertiary/aromatic N) is 2. The van der Waals surface area contributed by atoms with Gasteiger partial charge in [-0.1, -0.05) is 18.6 Å². The van der Waals surface area contributed by atoms with Crippen LogP contribution in [0.4, 0.5) is 13.2 Å². The van der Waals surface area contributed by atoms with E-state index < -0.39 is 11.7 Å². The van der Waals surface area contributed by atoms with Gasteiger partial charge in [0.1, 0.15) is 5.01 Å². The van der Waals surface area contributed by atoms with Crippen molar-refractivity contribution < 1.29 is 22.8 Å². The van der Waals surface area contributed by atoms with Gasteiger partial charge in [-0.25, -0.2) is 4.98 Å². The van der Waals surface area contributed by atoms with Gasteiger partial charge in [-0.15, -0.1) is 11.3 Å². The van der Waals surface area contributed by atoms with Crippen LogP contribution in [0.5, 0.6) is 0 Å². The summed E-state index contributed by atoms with van der Waals surface area (Å²) in [5.74, 6) is -0.742. The molecule has 0 bridgehead atoms. The van der Waals surface area contributed by atoms with Gasteiger partial charge in [-0.3, -0.25) is 25.3 Å². The highest BCUT2D eigenvalue weighted by atomic mass is 32.1. The van der Waals surface area contributed by atoms with Crippen LogP contribution in [-0.4, -0.2) is 34.8 Å². The molecule has 2 heterocycles. The predicted molar refractivity (Wildman–Crippen MR) is 106 cm³/mol. The monoisotopic (exact) mass is 440 g/mol. The van der Waals surface area contributed by atoms with Crippen LogP contribution in [0, 0.1) is 6.92 Å². The maximum Gasteiger partial charge on any atom is 0.416 e. The minimum Gasteiger partial charge on any atom is -0.287 e. The summed E-state index contributed by atoms with van der Waals surface area (Å²) in [4.78, 5) is 30.4. The molecule has 0 saturated carbocycles. The van der Waals surface area contributed by atoms with E-state index >= 15 is 0 Å². The number of aromatic nitrogens is 1. The first kappa shape index (κ1) is 22.2. The first-order valence-electron chi connectivity index (χ1n) is 9.62. The van der Waals surface area contributed by atoms with Gasteiger partial charge in [0.05, 0.1) is 18.5 Å². The maximum atomic E-state index is 12.8. The molecule has 2 amide bonds. The van der Waals surface area contributed by atoms with Crippen molar-refractivity contribution in [2.45, 2.75) is 44.8 Å². The summed E-state index contributed by atoms with van der Waals surface area (Å²) in [5.41, 5.74) is 5.69. The molecule has 1 saturated heterocycles. The summed E-state index contributed by atoms with van der Waals surface area (Å²) in [6.07, 6.45) is -1.70. The van der Waals surface area contributed by atoms with E-state index in [1.807, 2.05) is 17.2 Å². The van der Waals surface area contributed by atoms with Gasteiger partial charge in [0.15, 0.2) is 0 Å². The number of thiazole rings is 1. The lowest BCUT2D eigenvalue weighted by Gasteiger charge is -2.35. The van der Waals surface area contributed by atoms with Gasteiger partial charge in [0.25, 0.3) is 5.91 Å². The molecule has 1 aromatic heterocycles. The summed E-state index contributed by atoms with van der Waals surface area (Å²) >= 11 is 1.38. The van der Waals surface area contributed by atoms with Gasteiger partial charge >= 0.3 is 6.18 Å². The average molecular weight is 440 g/mol. The highest BCUT2D eigenvalue weighted by molar-refractivity contribution is 7.09. The molecule has 6 nitrogen and oxygen atoms in total. The lowest BCUT2D eigenvalue weighted by molar-refractivity contribution is -0.137. The highest BCUT2D eigenvalue weighted by Crippen LogP contribution is 2.34. The Morgan fingerprint density at radius 3 is 2.50 bits per heavy atom. The first-order chi connectivity index (χ1) is 14.2. The zero-order valence-corrected chi connectivity index (χ0v) is 17.3. The molecule has 1 unspecified atom stereocenters. The Balaban J connectivity index is 1.54. The zero-order chi connectivity index (χ0) is 21.7. The van der Waals surface area contributed by atoms with Gasteiger partial charge in [-0.05, 0) is 44.0 Å². The van der Waals surface area contributed by atoms with Crippen LogP contribution >= 0.6 is 11.3 Å². The number of benzene rings is 1. The van der Waals surface area contributed by atoms with Crippen LogP contribution in [0.1, 0.15) is 47.1 Å². The van der Waals surface area contributed by atoms with Crippen LogP contribution in [0.15, 0.2) is 29.6 Å². The Hall–Kier alpha value is -2.46. The fourth-order valence-electron chi connectivity index (χ4n) is 3.48. The second kappa shape index (κ2) is 9.57. The number of amides is 2. The Kier molecular flexibility index (Phi) is 7.09. The van der Waals surface area contributed by atoms with Crippen molar-refractivity contribution in [2.75, 3.05) is 13.1 Å². The van der Waals surface area contributed by atoms with Crippen molar-refractivity contribution in [3.63, 3.8) is 0 Å². The Bertz CT molecular complexity index is 883. The lowest BCUT2D eigenvalue weighted by atomic mass is 9.94. The molecular formula is C20H23F3N4O2S. The number of rotatable bonds is 5. The molecule has 1 aromatic carbocycles. The van der Waals surface area contributed by atoms with Crippen molar-refractivity contribution in [1.29, 1.82) is 0 Å². The second-order valence-electron chi connectivity index (χ2n) is 7.26. The molecule has 1 aliphatic heterocycles. The fraction of sp³-hybridized carbons (Fsp3) is 0.450. The topological polar surface area (TPSA) is 74.3 Å². The van der Waals surface area contributed by atoms with Crippen molar-refractivity contribution >= 4 is 23.2 Å². The van der Waals surface area contributed by atoms with E-state index in [0.29, 0.717) is 11.6 Å². The number of alkyl halides is 3. The summed E-state index contributed by atoms with van der Waals surface area (Å²) in [6, 6.07) is 4.95. The molecule has 0 spiro atoms. The number of hydrazine groups is 1. The molecule has 0 radical (unpaired) electrons. The van der Waals surface area contributed by atoms with E-state index in [-0.39, 0.29) is 30.8 Å². The molecule has 3 rings (SSSR count). The molecule has 30 heavy (non-hydrogen) atoms. The third-order valence-corrected chi connectivity index (χ3v) is 5.87. The normalized spacial score (nSPS) is 17.5.